The van der Waals surface area contributed by atoms with Gasteiger partial charge in [0.2, 0.25) is 5.91 Å². The minimum Gasteiger partial charge on any atom is -0.370 e. The summed E-state index contributed by atoms with van der Waals surface area (Å²) in [5, 5.41) is 9.44. The first-order valence-electron chi connectivity index (χ1n) is 6.80. The maximum Gasteiger partial charge on any atom is 0.220 e. The average molecular weight is 263 g/mol. The van der Waals surface area contributed by atoms with Gasteiger partial charge in [0.1, 0.15) is 17.5 Å². The molecule has 1 aliphatic rings. The molecule has 1 aromatic rings. The van der Waals surface area contributed by atoms with Crippen LogP contribution in [0.4, 0.5) is 11.6 Å². The summed E-state index contributed by atoms with van der Waals surface area (Å²) in [6.45, 7) is 5.59. The van der Waals surface area contributed by atoms with Gasteiger partial charge in [-0.3, -0.25) is 4.79 Å². The highest BCUT2D eigenvalue weighted by Crippen LogP contribution is 2.12. The first kappa shape index (κ1) is 13.6. The number of aryl methyl sites for hydroxylation is 1. The predicted molar refractivity (Wildman–Crippen MR) is 75.2 cm³/mol. The molecule has 0 saturated carbocycles. The van der Waals surface area contributed by atoms with Crippen molar-refractivity contribution in [3.63, 3.8) is 0 Å². The van der Waals surface area contributed by atoms with E-state index in [4.69, 9.17) is 0 Å². The van der Waals surface area contributed by atoms with Crippen molar-refractivity contribution in [2.45, 2.75) is 39.2 Å². The van der Waals surface area contributed by atoms with Crippen LogP contribution in [-0.4, -0.2) is 35.0 Å². The highest BCUT2D eigenvalue weighted by atomic mass is 16.1. The van der Waals surface area contributed by atoms with E-state index in [9.17, 15) is 4.79 Å². The average Bonchev–Trinajstić information content (AvgIpc) is 2.79. The molecule has 0 bridgehead atoms. The number of nitrogens with zero attached hydrogens (tertiary/aromatic N) is 2. The maximum atomic E-state index is 11.1. The minimum absolute atomic E-state index is 0.135. The second kappa shape index (κ2) is 6.36. The molecule has 1 aromatic heterocycles. The molecule has 6 heteroatoms. The van der Waals surface area contributed by atoms with Crippen LogP contribution in [0.5, 0.6) is 0 Å². The van der Waals surface area contributed by atoms with E-state index in [-0.39, 0.29) is 11.9 Å². The Morgan fingerprint density at radius 1 is 1.37 bits per heavy atom. The van der Waals surface area contributed by atoms with E-state index in [1.807, 2.05) is 13.0 Å². The Kier molecular flexibility index (Phi) is 4.54. The van der Waals surface area contributed by atoms with Gasteiger partial charge < -0.3 is 16.0 Å². The monoisotopic (exact) mass is 263 g/mol. The summed E-state index contributed by atoms with van der Waals surface area (Å²) < 4.78 is 0. The van der Waals surface area contributed by atoms with Crippen molar-refractivity contribution in [2.75, 3.05) is 23.7 Å². The molecule has 1 aliphatic heterocycles. The SMILES string of the molecule is CCCNc1cc(NCC2CCC(=O)N2)nc(C)n1. The zero-order valence-corrected chi connectivity index (χ0v) is 11.5. The number of rotatable bonds is 6. The molecule has 0 radical (unpaired) electrons. The Hall–Kier alpha value is -1.85. The van der Waals surface area contributed by atoms with E-state index in [1.54, 1.807) is 0 Å². The van der Waals surface area contributed by atoms with Crippen molar-refractivity contribution in [3.8, 4) is 0 Å². The van der Waals surface area contributed by atoms with Crippen LogP contribution in [0, 0.1) is 6.92 Å². The minimum atomic E-state index is 0.135. The summed E-state index contributed by atoms with van der Waals surface area (Å²) in [6, 6.07) is 2.11. The van der Waals surface area contributed by atoms with Crippen molar-refractivity contribution in [1.29, 1.82) is 0 Å². The number of nitrogens with one attached hydrogen (secondary N) is 3. The molecule has 0 aromatic carbocycles. The molecule has 2 heterocycles. The molecule has 1 amide bonds. The summed E-state index contributed by atoms with van der Waals surface area (Å²) in [4.78, 5) is 19.8. The molecule has 2 rings (SSSR count). The van der Waals surface area contributed by atoms with Crippen LogP contribution >= 0.6 is 0 Å². The molecule has 1 atom stereocenters. The molecule has 6 nitrogen and oxygen atoms in total. The lowest BCUT2D eigenvalue weighted by atomic mass is 10.2. The second-order valence-corrected chi connectivity index (χ2v) is 4.80. The standard InChI is InChI=1S/C13H21N5O/c1-3-6-14-11-7-12(17-9(2)16-11)15-8-10-4-5-13(19)18-10/h7,10H,3-6,8H2,1-2H3,(H,18,19)(H2,14,15,16,17). The lowest BCUT2D eigenvalue weighted by Gasteiger charge is -2.13. The Labute approximate surface area is 113 Å². The third-order valence-electron chi connectivity index (χ3n) is 3.01. The van der Waals surface area contributed by atoms with E-state index in [0.717, 1.165) is 36.8 Å². The van der Waals surface area contributed by atoms with Gasteiger partial charge in [0.05, 0.1) is 0 Å². The number of carbonyl (C=O) groups is 1. The van der Waals surface area contributed by atoms with Crippen molar-refractivity contribution < 1.29 is 4.79 Å². The fourth-order valence-corrected chi connectivity index (χ4v) is 2.06. The van der Waals surface area contributed by atoms with Gasteiger partial charge in [-0.15, -0.1) is 0 Å². The van der Waals surface area contributed by atoms with Crippen LogP contribution in [0.3, 0.4) is 0 Å². The molecule has 1 fully saturated rings. The van der Waals surface area contributed by atoms with Crippen LogP contribution in [-0.2, 0) is 4.79 Å². The van der Waals surface area contributed by atoms with Gasteiger partial charge in [-0.2, -0.15) is 0 Å². The van der Waals surface area contributed by atoms with E-state index >= 15 is 0 Å². The van der Waals surface area contributed by atoms with Gasteiger partial charge in [0.25, 0.3) is 0 Å². The predicted octanol–water partition coefficient (Wildman–Crippen LogP) is 1.30. The van der Waals surface area contributed by atoms with Crippen LogP contribution < -0.4 is 16.0 Å². The molecule has 3 N–H and O–H groups in total. The number of hydrogen-bond donors (Lipinski definition) is 3. The maximum absolute atomic E-state index is 11.1. The van der Waals surface area contributed by atoms with Gasteiger partial charge in [-0.25, -0.2) is 9.97 Å². The molecule has 1 unspecified atom stereocenters. The first-order chi connectivity index (χ1) is 9.17. The molecule has 104 valence electrons. The fourth-order valence-electron chi connectivity index (χ4n) is 2.06. The number of amides is 1. The van der Waals surface area contributed by atoms with Crippen molar-refractivity contribution in [1.82, 2.24) is 15.3 Å². The number of carbonyl (C=O) groups excluding carboxylic acids is 1. The summed E-state index contributed by atoms with van der Waals surface area (Å²) in [5.74, 6) is 2.51. The van der Waals surface area contributed by atoms with Crippen LogP contribution in [0.15, 0.2) is 6.07 Å². The highest BCUT2D eigenvalue weighted by Gasteiger charge is 2.20. The summed E-state index contributed by atoms with van der Waals surface area (Å²) in [7, 11) is 0. The van der Waals surface area contributed by atoms with Gasteiger partial charge in [0, 0.05) is 31.6 Å². The van der Waals surface area contributed by atoms with Crippen LogP contribution in [0.25, 0.3) is 0 Å². The number of hydrogen-bond acceptors (Lipinski definition) is 5. The third-order valence-corrected chi connectivity index (χ3v) is 3.01. The topological polar surface area (TPSA) is 78.9 Å². The Balaban J connectivity index is 1.91. The van der Waals surface area contributed by atoms with Crippen molar-refractivity contribution in [2.24, 2.45) is 0 Å². The highest BCUT2D eigenvalue weighted by molar-refractivity contribution is 5.78. The van der Waals surface area contributed by atoms with Gasteiger partial charge in [-0.1, -0.05) is 6.92 Å². The van der Waals surface area contributed by atoms with Crippen molar-refractivity contribution >= 4 is 17.5 Å². The first-order valence-corrected chi connectivity index (χ1v) is 6.80. The molecular formula is C13H21N5O. The zero-order chi connectivity index (χ0) is 13.7. The number of aromatic nitrogens is 2. The Morgan fingerprint density at radius 2 is 2.11 bits per heavy atom. The Morgan fingerprint density at radius 3 is 2.74 bits per heavy atom. The molecule has 0 spiro atoms. The molecule has 0 aliphatic carbocycles. The van der Waals surface area contributed by atoms with Gasteiger partial charge >= 0.3 is 0 Å². The summed E-state index contributed by atoms with van der Waals surface area (Å²) in [5.41, 5.74) is 0. The lowest BCUT2D eigenvalue weighted by Crippen LogP contribution is -2.32. The lowest BCUT2D eigenvalue weighted by molar-refractivity contribution is -0.119. The normalized spacial score (nSPS) is 18.2. The summed E-state index contributed by atoms with van der Waals surface area (Å²) in [6.07, 6.45) is 2.56. The van der Waals surface area contributed by atoms with Crippen molar-refractivity contribution in [3.05, 3.63) is 11.9 Å². The van der Waals surface area contributed by atoms with Crippen LogP contribution in [0.2, 0.25) is 0 Å². The van der Waals surface area contributed by atoms with E-state index in [0.29, 0.717) is 13.0 Å². The van der Waals surface area contributed by atoms with Gasteiger partial charge in [-0.05, 0) is 19.8 Å². The van der Waals surface area contributed by atoms with E-state index < -0.39 is 0 Å². The Bertz CT molecular complexity index is 449. The van der Waals surface area contributed by atoms with E-state index in [2.05, 4.69) is 32.8 Å². The third kappa shape index (κ3) is 4.08. The quantitative estimate of drug-likeness (QED) is 0.721. The molecular weight excluding hydrogens is 242 g/mol. The smallest absolute Gasteiger partial charge is 0.220 e. The molecule has 19 heavy (non-hydrogen) atoms. The van der Waals surface area contributed by atoms with Crippen LogP contribution in [0.1, 0.15) is 32.0 Å². The second-order valence-electron chi connectivity index (χ2n) is 4.80. The fraction of sp³-hybridized carbons (Fsp3) is 0.615. The van der Waals surface area contributed by atoms with E-state index in [1.165, 1.54) is 0 Å². The summed E-state index contributed by atoms with van der Waals surface area (Å²) >= 11 is 0. The molecule has 1 saturated heterocycles. The largest absolute Gasteiger partial charge is 0.370 e. The van der Waals surface area contributed by atoms with Gasteiger partial charge in [0.15, 0.2) is 0 Å². The number of anilines is 2. The zero-order valence-electron chi connectivity index (χ0n) is 11.5.